The summed E-state index contributed by atoms with van der Waals surface area (Å²) >= 11 is 0.425. The van der Waals surface area contributed by atoms with Crippen LogP contribution in [0.15, 0.2) is 82.6 Å². The fraction of sp³-hybridized carbons (Fsp3) is 0.378. The highest BCUT2D eigenvalue weighted by Gasteiger charge is 2.30. The molecule has 4 aromatic rings. The number of likely N-dealkylation sites (N-methyl/N-ethyl adjacent to an activating group) is 1. The minimum atomic E-state index is -5.44. The number of rotatable bonds is 13. The van der Waals surface area contributed by atoms with Crippen LogP contribution in [0.3, 0.4) is 0 Å². The topological polar surface area (TPSA) is 58.4 Å². The number of carbonyl (C=O) groups excluding carboxylic acids is 1. The minimum absolute atomic E-state index is 0.0993. The average molecular weight is 702 g/mol. The molecule has 0 saturated carbocycles. The highest BCUT2D eigenvalue weighted by atomic mass is 32.2. The van der Waals surface area contributed by atoms with Crippen LogP contribution in [0.25, 0.3) is 11.1 Å². The van der Waals surface area contributed by atoms with Crippen molar-refractivity contribution in [1.29, 1.82) is 0 Å². The Balaban J connectivity index is 1.85. The van der Waals surface area contributed by atoms with Crippen molar-refractivity contribution in [1.82, 2.24) is 19.4 Å². The number of amides is 1. The molecule has 0 saturated heterocycles. The largest absolute Gasteiger partial charge is 0.416 e. The maximum absolute atomic E-state index is 15.2. The number of carbonyl (C=O) groups is 1. The molecule has 11 heteroatoms. The lowest BCUT2D eigenvalue weighted by atomic mass is 10.0. The molecule has 1 aliphatic rings. The zero-order chi connectivity index (χ0) is 53.1. The van der Waals surface area contributed by atoms with Crippen molar-refractivity contribution in [2.45, 2.75) is 63.6 Å². The lowest BCUT2D eigenvalue weighted by Crippen LogP contribution is -2.40. The number of alkyl halides is 3. The third kappa shape index (κ3) is 8.73. The number of thioether (sulfide) groups is 1. The SMILES string of the molecule is [2H]c1c([2H])c(C(F)(F)F)c([2H])c([2H])c1-c1c([2H])c([2H])c(C([2H])([2H])N(CCN(C([2H])([2H])C)C([2H])([2H])C)C(=O)C([2H])([2H])n2c(SCc3ccc(F)cc3)nc(=O)c3c2C([2H])([2H])C([2H])(C)C3([2H])[2H])c([2H])c1[2H]. The molecule has 48 heavy (non-hydrogen) atoms. The molecule has 6 nitrogen and oxygen atoms in total. The summed E-state index contributed by atoms with van der Waals surface area (Å²) in [6.07, 6.45) is -12.1. The summed E-state index contributed by atoms with van der Waals surface area (Å²) in [4.78, 5) is 32.9. The van der Waals surface area contributed by atoms with Crippen molar-refractivity contribution in [2.24, 2.45) is 5.89 Å². The Bertz CT molecular complexity index is 2730. The maximum atomic E-state index is 15.2. The van der Waals surface area contributed by atoms with E-state index in [-0.39, 0.29) is 20.8 Å². The number of benzene rings is 3. The highest BCUT2D eigenvalue weighted by Crippen LogP contribution is 2.32. The van der Waals surface area contributed by atoms with Crippen molar-refractivity contribution in [3.63, 3.8) is 0 Å². The van der Waals surface area contributed by atoms with Gasteiger partial charge in [-0.15, -0.1) is 0 Å². The van der Waals surface area contributed by atoms with Gasteiger partial charge in [0.15, 0.2) is 5.16 Å². The third-order valence-electron chi connectivity index (χ3n) is 6.53. The molecule has 1 atom stereocenters. The Labute approximate surface area is 312 Å². The van der Waals surface area contributed by atoms with Crippen molar-refractivity contribution >= 4 is 17.7 Å². The molecule has 0 radical (unpaired) electrons. The van der Waals surface area contributed by atoms with Gasteiger partial charge in [-0.3, -0.25) is 9.59 Å². The standard InChI is InChI=1S/C37H40F4N4O2S/c1-4-43(5-2)18-19-44(22-26-6-10-28(11-7-26)29-12-14-30(15-13-29)37(39,40)41)34(46)23-45-33-21-25(3)20-32(33)35(47)42-36(45)48-24-27-8-16-31(38)17-9-27/h6-17,25H,4-5,18-24H2,1-3H3/i4D2,5D2,6D,7D,10D,11D,12D,13D,14D,15D,20D2,21D2,22D2,23D2,25D. The molecule has 5 rings (SSSR count). The van der Waals surface area contributed by atoms with E-state index in [4.69, 9.17) is 23.3 Å². The van der Waals surface area contributed by atoms with Crippen LogP contribution in [0.5, 0.6) is 0 Å². The fourth-order valence-electron chi connectivity index (χ4n) is 4.17. The summed E-state index contributed by atoms with van der Waals surface area (Å²) in [5.41, 5.74) is -9.56. The molecule has 1 aliphatic carbocycles. The summed E-state index contributed by atoms with van der Waals surface area (Å²) < 4.78 is 238. The Hall–Kier alpha value is -3.96. The Morgan fingerprint density at radius 2 is 1.65 bits per heavy atom. The molecular formula is C37H40F4N4O2S. The second-order valence-corrected chi connectivity index (χ2v) is 10.8. The van der Waals surface area contributed by atoms with E-state index in [0.29, 0.717) is 16.7 Å². The number of halogens is 4. The predicted molar refractivity (Wildman–Crippen MR) is 181 cm³/mol. The van der Waals surface area contributed by atoms with E-state index < -0.39 is 168 Å². The van der Waals surface area contributed by atoms with Crippen LogP contribution >= 0.6 is 11.8 Å². The van der Waals surface area contributed by atoms with Gasteiger partial charge in [0.2, 0.25) is 5.91 Å². The van der Waals surface area contributed by atoms with Crippen LogP contribution in [0.4, 0.5) is 17.6 Å². The van der Waals surface area contributed by atoms with E-state index in [1.54, 1.807) is 0 Å². The van der Waals surface area contributed by atoms with Crippen LogP contribution in [-0.4, -0.2) is 51.3 Å². The molecular weight excluding hydrogens is 640 g/mol. The van der Waals surface area contributed by atoms with E-state index in [1.165, 1.54) is 12.1 Å². The molecule has 254 valence electrons. The summed E-state index contributed by atoms with van der Waals surface area (Å²) in [5, 5.41) is -0.888. The quantitative estimate of drug-likeness (QED) is 0.0823. The molecule has 0 bridgehead atoms. The first-order valence-corrected chi connectivity index (χ1v) is 15.0. The number of nitrogens with zero attached hydrogens (tertiary/aromatic N) is 4. The van der Waals surface area contributed by atoms with Crippen LogP contribution < -0.4 is 5.56 Å². The molecule has 1 amide bonds. The van der Waals surface area contributed by atoms with Gasteiger partial charge in [0, 0.05) is 48.9 Å². The lowest BCUT2D eigenvalue weighted by molar-refractivity contribution is -0.137. The minimum Gasteiger partial charge on any atom is -0.336 e. The Morgan fingerprint density at radius 1 is 1.02 bits per heavy atom. The van der Waals surface area contributed by atoms with Gasteiger partial charge < -0.3 is 14.4 Å². The second kappa shape index (κ2) is 15.5. The van der Waals surface area contributed by atoms with Crippen molar-refractivity contribution in [3.8, 4) is 11.1 Å². The lowest BCUT2D eigenvalue weighted by Gasteiger charge is -2.28. The van der Waals surface area contributed by atoms with E-state index in [0.717, 1.165) is 32.9 Å². The average Bonchev–Trinajstić information content (AvgIpc) is 3.30. The Kier molecular flexibility index (Phi) is 5.53. The van der Waals surface area contributed by atoms with E-state index >= 15 is 4.79 Å². The smallest absolute Gasteiger partial charge is 0.336 e. The molecule has 0 aliphatic heterocycles. The molecule has 0 fully saturated rings. The molecule has 0 spiro atoms. The zero-order valence-corrected chi connectivity index (χ0v) is 26.3. The van der Waals surface area contributed by atoms with Gasteiger partial charge in [-0.2, -0.15) is 18.2 Å². The van der Waals surface area contributed by atoms with Crippen LogP contribution in [0.1, 0.15) is 77.5 Å². The van der Waals surface area contributed by atoms with Gasteiger partial charge in [-0.1, -0.05) is 80.9 Å². The maximum Gasteiger partial charge on any atom is 0.416 e. The first kappa shape index (κ1) is 17.1. The number of hydrogen-bond donors (Lipinski definition) is 0. The molecule has 0 N–H and O–H groups in total. The highest BCUT2D eigenvalue weighted by molar-refractivity contribution is 7.98. The molecule has 3 aromatic carbocycles. The number of aromatic nitrogens is 2. The van der Waals surface area contributed by atoms with Gasteiger partial charge in [-0.25, -0.2) is 4.39 Å². The van der Waals surface area contributed by atoms with Gasteiger partial charge in [0.1, 0.15) is 12.3 Å². The van der Waals surface area contributed by atoms with Gasteiger partial charge >= 0.3 is 6.18 Å². The van der Waals surface area contributed by atoms with E-state index in [2.05, 4.69) is 4.98 Å². The van der Waals surface area contributed by atoms with Crippen LogP contribution in [-0.2, 0) is 42.5 Å². The van der Waals surface area contributed by atoms with Crippen molar-refractivity contribution in [3.05, 3.63) is 117 Å². The van der Waals surface area contributed by atoms with Crippen LogP contribution in [0, 0.1) is 11.7 Å². The summed E-state index contributed by atoms with van der Waals surface area (Å²) in [6, 6.07) is -7.56. The van der Waals surface area contributed by atoms with Gasteiger partial charge in [0.25, 0.3) is 5.56 Å². The summed E-state index contributed by atoms with van der Waals surface area (Å²) in [6.45, 7) is -13.3. The normalized spacial score (nSPS) is 25.5. The molecule has 1 heterocycles. The van der Waals surface area contributed by atoms with E-state index in [1.807, 2.05) is 0 Å². The Morgan fingerprint density at radius 3 is 2.25 bits per heavy atom. The fourth-order valence-corrected chi connectivity index (χ4v) is 5.07. The first-order chi connectivity index (χ1) is 31.0. The van der Waals surface area contributed by atoms with Gasteiger partial charge in [-0.05, 0) is 78.1 Å². The summed E-state index contributed by atoms with van der Waals surface area (Å²) in [5.74, 6) is -6.18. The molecule has 1 aromatic heterocycles. The number of hydrogen-bond acceptors (Lipinski definition) is 5. The second-order valence-electron chi connectivity index (χ2n) is 9.83. The zero-order valence-electron chi connectivity index (χ0n) is 46.5. The third-order valence-corrected chi connectivity index (χ3v) is 7.54. The van der Waals surface area contributed by atoms with E-state index in [9.17, 15) is 27.8 Å². The number of fused-ring (bicyclic) bond motifs is 1. The van der Waals surface area contributed by atoms with Gasteiger partial charge in [0.05, 0.1) is 22.0 Å². The predicted octanol–water partition coefficient (Wildman–Crippen LogP) is 7.47. The molecule has 1 unspecified atom stereocenters. The van der Waals surface area contributed by atoms with Crippen molar-refractivity contribution in [2.75, 3.05) is 26.1 Å². The first-order valence-electron chi connectivity index (χ1n) is 24.5. The monoisotopic (exact) mass is 701 g/mol. The van der Waals surface area contributed by atoms with Crippen LogP contribution in [0.2, 0.25) is 0 Å². The van der Waals surface area contributed by atoms with Crippen molar-refractivity contribution < 1.29 is 51.1 Å². The summed E-state index contributed by atoms with van der Waals surface area (Å²) in [7, 11) is 0.